The van der Waals surface area contributed by atoms with Gasteiger partial charge in [0.2, 0.25) is 0 Å². The maximum absolute atomic E-state index is 12.3. The third kappa shape index (κ3) is 3.33. The number of para-hydroxylation sites is 3. The normalized spacial score (nSPS) is 10.0. The number of hydrogen-bond donors (Lipinski definition) is 0. The van der Waals surface area contributed by atoms with Crippen LogP contribution >= 0.6 is 0 Å². The molecule has 0 N–H and O–H groups in total. The minimum Gasteiger partial charge on any atom is -0.456 e. The van der Waals surface area contributed by atoms with Crippen LogP contribution in [0.2, 0.25) is 0 Å². The average Bonchev–Trinajstić information content (AvgIpc) is 2.57. The van der Waals surface area contributed by atoms with Crippen LogP contribution in [0.1, 0.15) is 10.4 Å². The van der Waals surface area contributed by atoms with E-state index in [1.165, 1.54) is 0 Å². The highest BCUT2D eigenvalue weighted by Crippen LogP contribution is 2.26. The summed E-state index contributed by atoms with van der Waals surface area (Å²) in [5.41, 5.74) is 0.384. The van der Waals surface area contributed by atoms with Gasteiger partial charge in [0.25, 0.3) is 0 Å². The van der Waals surface area contributed by atoms with E-state index in [9.17, 15) is 4.79 Å². The van der Waals surface area contributed by atoms with Crippen molar-refractivity contribution in [2.75, 3.05) is 0 Å². The second-order valence-electron chi connectivity index (χ2n) is 4.61. The number of carbonyl (C=O) groups excluding carboxylic acids is 1. The van der Waals surface area contributed by atoms with E-state index < -0.39 is 5.97 Å². The van der Waals surface area contributed by atoms with Crippen LogP contribution in [-0.4, -0.2) is 5.97 Å². The van der Waals surface area contributed by atoms with Crippen LogP contribution in [0.3, 0.4) is 0 Å². The fraction of sp³-hybridized carbons (Fsp3) is 0. The van der Waals surface area contributed by atoms with Gasteiger partial charge in [-0.3, -0.25) is 0 Å². The van der Waals surface area contributed by atoms with Crippen LogP contribution in [-0.2, 0) is 0 Å². The maximum Gasteiger partial charge on any atom is 0.347 e. The molecule has 0 heterocycles. The Morgan fingerprint density at radius 1 is 0.636 bits per heavy atom. The van der Waals surface area contributed by atoms with Crippen molar-refractivity contribution < 1.29 is 14.3 Å². The van der Waals surface area contributed by atoms with E-state index >= 15 is 0 Å². The van der Waals surface area contributed by atoms with Crippen LogP contribution in [0.5, 0.6) is 17.2 Å². The predicted octanol–water partition coefficient (Wildman–Crippen LogP) is 4.70. The second kappa shape index (κ2) is 6.59. The van der Waals surface area contributed by atoms with Crippen molar-refractivity contribution in [2.24, 2.45) is 0 Å². The molecule has 0 aliphatic carbocycles. The predicted molar refractivity (Wildman–Crippen MR) is 84.4 cm³/mol. The molecule has 0 amide bonds. The van der Waals surface area contributed by atoms with Crippen LogP contribution in [0.15, 0.2) is 84.9 Å². The molecule has 3 aromatic rings. The quantitative estimate of drug-likeness (QED) is 0.516. The Morgan fingerprint density at radius 2 is 1.18 bits per heavy atom. The summed E-state index contributed by atoms with van der Waals surface area (Å²) in [6.45, 7) is 0. The summed E-state index contributed by atoms with van der Waals surface area (Å²) in [7, 11) is 0. The summed E-state index contributed by atoms with van der Waals surface area (Å²) < 4.78 is 11.1. The van der Waals surface area contributed by atoms with Gasteiger partial charge in [-0.1, -0.05) is 48.5 Å². The number of rotatable bonds is 4. The summed E-state index contributed by atoms with van der Waals surface area (Å²) in [6.07, 6.45) is 0. The lowest BCUT2D eigenvalue weighted by Crippen LogP contribution is -2.09. The van der Waals surface area contributed by atoms with Crippen molar-refractivity contribution in [1.82, 2.24) is 0 Å². The van der Waals surface area contributed by atoms with Crippen LogP contribution in [0, 0.1) is 0 Å². The van der Waals surface area contributed by atoms with Crippen molar-refractivity contribution in [3.63, 3.8) is 0 Å². The van der Waals surface area contributed by atoms with Crippen molar-refractivity contribution in [3.05, 3.63) is 90.5 Å². The lowest BCUT2D eigenvalue weighted by atomic mass is 10.2. The molecule has 0 aliphatic heterocycles. The molecule has 0 atom stereocenters. The molecule has 0 radical (unpaired) electrons. The highest BCUT2D eigenvalue weighted by atomic mass is 16.5. The highest BCUT2D eigenvalue weighted by Gasteiger charge is 2.15. The molecule has 0 aliphatic rings. The Labute approximate surface area is 128 Å². The first kappa shape index (κ1) is 13.9. The van der Waals surface area contributed by atoms with E-state index in [4.69, 9.17) is 9.47 Å². The largest absolute Gasteiger partial charge is 0.456 e. The number of hydrogen-bond acceptors (Lipinski definition) is 3. The summed E-state index contributed by atoms with van der Waals surface area (Å²) in [6, 6.07) is 25.3. The molecule has 0 fully saturated rings. The fourth-order valence-electron chi connectivity index (χ4n) is 1.99. The van der Waals surface area contributed by atoms with E-state index in [2.05, 4.69) is 0 Å². The van der Waals surface area contributed by atoms with E-state index in [0.717, 1.165) is 0 Å². The van der Waals surface area contributed by atoms with Gasteiger partial charge in [0, 0.05) is 0 Å². The van der Waals surface area contributed by atoms with E-state index in [1.807, 2.05) is 54.6 Å². The maximum atomic E-state index is 12.3. The molecule has 3 aromatic carbocycles. The summed E-state index contributed by atoms with van der Waals surface area (Å²) >= 11 is 0. The van der Waals surface area contributed by atoms with Gasteiger partial charge in [0.15, 0.2) is 0 Å². The number of esters is 1. The van der Waals surface area contributed by atoms with E-state index in [0.29, 0.717) is 22.8 Å². The zero-order valence-electron chi connectivity index (χ0n) is 11.8. The number of carbonyl (C=O) groups is 1. The van der Waals surface area contributed by atoms with Crippen LogP contribution in [0.25, 0.3) is 0 Å². The third-order valence-corrected chi connectivity index (χ3v) is 3.03. The van der Waals surface area contributed by atoms with E-state index in [1.54, 1.807) is 30.3 Å². The molecule has 0 unspecified atom stereocenters. The molecule has 22 heavy (non-hydrogen) atoms. The zero-order valence-corrected chi connectivity index (χ0v) is 11.8. The Kier molecular flexibility index (Phi) is 4.16. The first-order chi connectivity index (χ1) is 10.8. The lowest BCUT2D eigenvalue weighted by molar-refractivity contribution is 0.0732. The monoisotopic (exact) mass is 290 g/mol. The molecule has 0 saturated carbocycles. The Bertz CT molecular complexity index is 752. The first-order valence-corrected chi connectivity index (χ1v) is 6.92. The Hall–Kier alpha value is -3.07. The molecule has 0 bridgehead atoms. The van der Waals surface area contributed by atoms with Gasteiger partial charge < -0.3 is 9.47 Å². The number of benzene rings is 3. The average molecular weight is 290 g/mol. The highest BCUT2D eigenvalue weighted by molar-refractivity contribution is 5.94. The second-order valence-corrected chi connectivity index (χ2v) is 4.61. The summed E-state index contributed by atoms with van der Waals surface area (Å²) in [5, 5.41) is 0. The fourth-order valence-corrected chi connectivity index (χ4v) is 1.99. The van der Waals surface area contributed by atoms with Gasteiger partial charge in [-0.05, 0) is 36.4 Å². The molecule has 108 valence electrons. The molecule has 3 heteroatoms. The molecular weight excluding hydrogens is 276 g/mol. The van der Waals surface area contributed by atoms with Gasteiger partial charge >= 0.3 is 5.97 Å². The molecule has 3 nitrogen and oxygen atoms in total. The van der Waals surface area contributed by atoms with Gasteiger partial charge in [-0.15, -0.1) is 0 Å². The Balaban J connectivity index is 1.83. The van der Waals surface area contributed by atoms with Crippen molar-refractivity contribution >= 4 is 5.97 Å². The smallest absolute Gasteiger partial charge is 0.347 e. The lowest BCUT2D eigenvalue weighted by Gasteiger charge is -2.10. The van der Waals surface area contributed by atoms with Crippen LogP contribution < -0.4 is 9.47 Å². The van der Waals surface area contributed by atoms with E-state index in [-0.39, 0.29) is 0 Å². The SMILES string of the molecule is O=C(Oc1ccccc1)c1ccccc1Oc1ccccc1. The van der Waals surface area contributed by atoms with Gasteiger partial charge in [-0.25, -0.2) is 4.79 Å². The van der Waals surface area contributed by atoms with Crippen molar-refractivity contribution in [2.45, 2.75) is 0 Å². The van der Waals surface area contributed by atoms with Gasteiger partial charge in [0.1, 0.15) is 22.8 Å². The third-order valence-electron chi connectivity index (χ3n) is 3.03. The van der Waals surface area contributed by atoms with Gasteiger partial charge in [-0.2, -0.15) is 0 Å². The first-order valence-electron chi connectivity index (χ1n) is 6.92. The zero-order chi connectivity index (χ0) is 15.2. The minimum absolute atomic E-state index is 0.384. The molecule has 3 rings (SSSR count). The molecule has 0 saturated heterocycles. The summed E-state index contributed by atoms with van der Waals surface area (Å²) in [4.78, 5) is 12.3. The molecular formula is C19H14O3. The standard InChI is InChI=1S/C19H14O3/c20-19(22-16-11-5-2-6-12-16)17-13-7-8-14-18(17)21-15-9-3-1-4-10-15/h1-14H. The van der Waals surface area contributed by atoms with Crippen molar-refractivity contribution in [1.29, 1.82) is 0 Å². The van der Waals surface area contributed by atoms with Crippen LogP contribution in [0.4, 0.5) is 0 Å². The Morgan fingerprint density at radius 3 is 1.86 bits per heavy atom. The molecule has 0 spiro atoms. The minimum atomic E-state index is -0.447. The summed E-state index contributed by atoms with van der Waals surface area (Å²) in [5.74, 6) is 1.19. The topological polar surface area (TPSA) is 35.5 Å². The van der Waals surface area contributed by atoms with Gasteiger partial charge in [0.05, 0.1) is 0 Å². The number of ether oxygens (including phenoxy) is 2. The van der Waals surface area contributed by atoms with Crippen molar-refractivity contribution in [3.8, 4) is 17.2 Å². The molecule has 0 aromatic heterocycles.